The number of hydrogen-bond donors (Lipinski definition) is 1. The van der Waals surface area contributed by atoms with Crippen molar-refractivity contribution in [3.05, 3.63) is 80.2 Å². The van der Waals surface area contributed by atoms with Crippen molar-refractivity contribution in [3.63, 3.8) is 0 Å². The summed E-state index contributed by atoms with van der Waals surface area (Å²) in [4.78, 5) is 9.44. The number of phenols is 1. The van der Waals surface area contributed by atoms with Crippen LogP contribution in [0.2, 0.25) is 0 Å². The second-order valence-electron chi connectivity index (χ2n) is 10.3. The molecule has 0 fully saturated rings. The highest BCUT2D eigenvalue weighted by atomic mass is 79.9. The van der Waals surface area contributed by atoms with Crippen LogP contribution in [-0.4, -0.2) is 16.3 Å². The molecule has 212 valence electrons. The number of hydrogen-bond acceptors (Lipinski definition) is 5. The minimum absolute atomic E-state index is 0.188. The standard InChI is InChI=1S/C33H38Br2N2OS2/c1-2-3-4-5-6-7-8-9-10-11-12-24-13-15-25(16-14-24)23-39-33-37-30-18-17-27(21-31(30)40-33)36-22-26-19-28(34)32(38)29(35)20-26/h13-22,38H,2-12,23H2,1H3. The van der Waals surface area contributed by atoms with Crippen molar-refractivity contribution in [1.29, 1.82) is 0 Å². The number of unbranched alkanes of at least 4 members (excludes halogenated alkanes) is 9. The van der Waals surface area contributed by atoms with Gasteiger partial charge in [0.2, 0.25) is 0 Å². The molecule has 0 radical (unpaired) electrons. The van der Waals surface area contributed by atoms with E-state index in [1.165, 1.54) is 81.8 Å². The molecule has 0 saturated heterocycles. The van der Waals surface area contributed by atoms with E-state index in [9.17, 15) is 5.11 Å². The molecule has 0 atom stereocenters. The van der Waals surface area contributed by atoms with E-state index in [1.54, 1.807) is 29.3 Å². The normalized spacial score (nSPS) is 11.7. The largest absolute Gasteiger partial charge is 0.506 e. The van der Waals surface area contributed by atoms with Gasteiger partial charge in [-0.15, -0.1) is 11.3 Å². The van der Waals surface area contributed by atoms with E-state index in [0.717, 1.165) is 31.6 Å². The second kappa shape index (κ2) is 16.7. The molecule has 1 heterocycles. The van der Waals surface area contributed by atoms with Crippen molar-refractivity contribution >= 4 is 77.1 Å². The number of thioether (sulfide) groups is 1. The van der Waals surface area contributed by atoms with Gasteiger partial charge in [0.15, 0.2) is 4.34 Å². The molecule has 0 bridgehead atoms. The van der Waals surface area contributed by atoms with E-state index in [1.807, 2.05) is 24.3 Å². The number of aromatic hydroxyl groups is 1. The number of thiazole rings is 1. The zero-order chi connectivity index (χ0) is 28.2. The summed E-state index contributed by atoms with van der Waals surface area (Å²) >= 11 is 10.2. The molecular weight excluding hydrogens is 664 g/mol. The molecule has 7 heteroatoms. The highest BCUT2D eigenvalue weighted by Crippen LogP contribution is 2.35. The predicted molar refractivity (Wildman–Crippen MR) is 182 cm³/mol. The van der Waals surface area contributed by atoms with Crippen LogP contribution in [0.5, 0.6) is 5.75 Å². The molecule has 0 aliphatic heterocycles. The predicted octanol–water partition coefficient (Wildman–Crippen LogP) is 12.0. The summed E-state index contributed by atoms with van der Waals surface area (Å²) in [7, 11) is 0. The van der Waals surface area contributed by atoms with E-state index < -0.39 is 0 Å². The van der Waals surface area contributed by atoms with Crippen LogP contribution in [-0.2, 0) is 12.2 Å². The van der Waals surface area contributed by atoms with Gasteiger partial charge < -0.3 is 5.11 Å². The summed E-state index contributed by atoms with van der Waals surface area (Å²) in [6.45, 7) is 2.28. The van der Waals surface area contributed by atoms with E-state index in [4.69, 9.17) is 4.98 Å². The molecule has 4 rings (SSSR count). The van der Waals surface area contributed by atoms with E-state index in [-0.39, 0.29) is 5.75 Å². The summed E-state index contributed by atoms with van der Waals surface area (Å²) in [5.41, 5.74) is 5.58. The summed E-state index contributed by atoms with van der Waals surface area (Å²) in [5, 5.41) is 9.90. The number of aromatic nitrogens is 1. The molecule has 0 amide bonds. The molecule has 4 aromatic rings. The third kappa shape index (κ3) is 10.0. The van der Waals surface area contributed by atoms with Gasteiger partial charge in [0.1, 0.15) is 5.75 Å². The van der Waals surface area contributed by atoms with Crippen LogP contribution in [0.15, 0.2) is 72.9 Å². The number of phenolic OH excluding ortho intramolecular Hbond substituents is 1. The fourth-order valence-electron chi connectivity index (χ4n) is 4.61. The van der Waals surface area contributed by atoms with Gasteiger partial charge in [-0.2, -0.15) is 0 Å². The molecule has 0 spiro atoms. The molecule has 0 aliphatic rings. The van der Waals surface area contributed by atoms with E-state index in [2.05, 4.69) is 74.1 Å². The van der Waals surface area contributed by atoms with Crippen LogP contribution in [0, 0.1) is 0 Å². The quantitative estimate of drug-likeness (QED) is 0.0718. The fourth-order valence-corrected chi connectivity index (χ4v) is 7.89. The van der Waals surface area contributed by atoms with Gasteiger partial charge in [0.05, 0.1) is 24.8 Å². The lowest BCUT2D eigenvalue weighted by molar-refractivity contribution is 0.468. The zero-order valence-electron chi connectivity index (χ0n) is 23.2. The number of aliphatic imine (C=N–C) groups is 1. The van der Waals surface area contributed by atoms with Gasteiger partial charge >= 0.3 is 0 Å². The first kappa shape index (κ1) is 31.3. The molecule has 0 aliphatic carbocycles. The maximum atomic E-state index is 9.90. The number of halogens is 2. The van der Waals surface area contributed by atoms with Gasteiger partial charge in [-0.25, -0.2) is 4.98 Å². The third-order valence-electron chi connectivity index (χ3n) is 6.96. The minimum atomic E-state index is 0.188. The Morgan fingerprint density at radius 2 is 1.45 bits per heavy atom. The lowest BCUT2D eigenvalue weighted by Gasteiger charge is -2.05. The Morgan fingerprint density at radius 1 is 0.825 bits per heavy atom. The van der Waals surface area contributed by atoms with Crippen LogP contribution >= 0.6 is 55.0 Å². The lowest BCUT2D eigenvalue weighted by Crippen LogP contribution is -1.88. The fraction of sp³-hybridized carbons (Fsp3) is 0.394. The first-order chi connectivity index (χ1) is 19.5. The van der Waals surface area contributed by atoms with Crippen molar-refractivity contribution in [2.24, 2.45) is 4.99 Å². The summed E-state index contributed by atoms with van der Waals surface area (Å²) in [5.74, 6) is 1.11. The maximum absolute atomic E-state index is 9.90. The Kier molecular flexibility index (Phi) is 13.0. The highest BCUT2D eigenvalue weighted by molar-refractivity contribution is 9.11. The second-order valence-corrected chi connectivity index (χ2v) is 14.2. The van der Waals surface area contributed by atoms with Gasteiger partial charge in [-0.1, -0.05) is 101 Å². The smallest absolute Gasteiger partial charge is 0.151 e. The molecule has 0 saturated carbocycles. The van der Waals surface area contributed by atoms with Gasteiger partial charge in [-0.05, 0) is 91.7 Å². The van der Waals surface area contributed by atoms with Crippen LogP contribution in [0.1, 0.15) is 87.8 Å². The first-order valence-electron chi connectivity index (χ1n) is 14.3. The van der Waals surface area contributed by atoms with Crippen molar-refractivity contribution < 1.29 is 5.11 Å². The van der Waals surface area contributed by atoms with Crippen LogP contribution < -0.4 is 0 Å². The monoisotopic (exact) mass is 700 g/mol. The zero-order valence-corrected chi connectivity index (χ0v) is 28.0. The maximum Gasteiger partial charge on any atom is 0.151 e. The van der Waals surface area contributed by atoms with Gasteiger partial charge in [0, 0.05) is 12.0 Å². The Morgan fingerprint density at radius 3 is 2.12 bits per heavy atom. The summed E-state index contributed by atoms with van der Waals surface area (Å²) in [6.07, 6.45) is 16.8. The molecule has 1 aromatic heterocycles. The third-order valence-corrected chi connectivity index (χ3v) is 10.4. The van der Waals surface area contributed by atoms with Gasteiger partial charge in [-0.3, -0.25) is 4.99 Å². The van der Waals surface area contributed by atoms with Crippen molar-refractivity contribution in [2.75, 3.05) is 0 Å². The summed E-state index contributed by atoms with van der Waals surface area (Å²) < 4.78 is 3.48. The Labute approximate surface area is 264 Å². The molecule has 1 N–H and O–H groups in total. The number of benzene rings is 3. The Bertz CT molecular complexity index is 1360. The van der Waals surface area contributed by atoms with Gasteiger partial charge in [0.25, 0.3) is 0 Å². The van der Waals surface area contributed by atoms with Crippen LogP contribution in [0.4, 0.5) is 5.69 Å². The highest BCUT2D eigenvalue weighted by Gasteiger charge is 2.07. The molecule has 3 nitrogen and oxygen atoms in total. The van der Waals surface area contributed by atoms with Crippen LogP contribution in [0.25, 0.3) is 10.2 Å². The molecule has 40 heavy (non-hydrogen) atoms. The number of rotatable bonds is 16. The van der Waals surface area contributed by atoms with Crippen LogP contribution in [0.3, 0.4) is 0 Å². The summed E-state index contributed by atoms with van der Waals surface area (Å²) in [6, 6.07) is 19.0. The molecule has 3 aromatic carbocycles. The van der Waals surface area contributed by atoms with Crippen molar-refractivity contribution in [2.45, 2.75) is 87.6 Å². The average Bonchev–Trinajstić information content (AvgIpc) is 3.37. The minimum Gasteiger partial charge on any atom is -0.506 e. The average molecular weight is 703 g/mol. The number of nitrogens with zero attached hydrogens (tertiary/aromatic N) is 2. The Balaban J connectivity index is 1.20. The number of fused-ring (bicyclic) bond motifs is 1. The number of aryl methyl sites for hydroxylation is 1. The lowest BCUT2D eigenvalue weighted by atomic mass is 10.0. The van der Waals surface area contributed by atoms with Crippen molar-refractivity contribution in [1.82, 2.24) is 4.98 Å². The SMILES string of the molecule is CCCCCCCCCCCCc1ccc(CSc2nc3ccc(N=Cc4cc(Br)c(O)c(Br)c4)cc3s2)cc1. The topological polar surface area (TPSA) is 45.5 Å². The van der Waals surface area contributed by atoms with E-state index >= 15 is 0 Å². The molecule has 0 unspecified atom stereocenters. The van der Waals surface area contributed by atoms with Crippen molar-refractivity contribution in [3.8, 4) is 5.75 Å². The van der Waals surface area contributed by atoms with E-state index in [0.29, 0.717) is 8.95 Å². The Hall–Kier alpha value is -1.67. The molecular formula is C33H38Br2N2OS2. The first-order valence-corrected chi connectivity index (χ1v) is 17.7.